The molecule has 0 spiro atoms. The van der Waals surface area contributed by atoms with Gasteiger partial charge in [0.25, 0.3) is 0 Å². The Balaban J connectivity index is 0.00000289. The minimum absolute atomic E-state index is 0. The van der Waals surface area contributed by atoms with Crippen LogP contribution >= 0.6 is 12.4 Å². The smallest absolute Gasteiger partial charge is 0.221 e. The first kappa shape index (κ1) is 23.6. The highest BCUT2D eigenvalue weighted by Crippen LogP contribution is 2.20. The van der Waals surface area contributed by atoms with Gasteiger partial charge in [0.15, 0.2) is 5.82 Å². The molecule has 0 radical (unpaired) electrons. The average Bonchev–Trinajstić information content (AvgIpc) is 3.14. The van der Waals surface area contributed by atoms with Crippen molar-refractivity contribution in [1.29, 1.82) is 0 Å². The van der Waals surface area contributed by atoms with Crippen LogP contribution in [-0.4, -0.2) is 57.4 Å². The summed E-state index contributed by atoms with van der Waals surface area (Å²) in [6, 6.07) is 6.83. The molecule has 0 aliphatic carbocycles. The summed E-state index contributed by atoms with van der Waals surface area (Å²) in [4.78, 5) is 12.7. The molecule has 1 fully saturated rings. The van der Waals surface area contributed by atoms with E-state index in [1.807, 2.05) is 19.2 Å². The monoisotopic (exact) mass is 458 g/mol. The standard InChI is InChI=1S/C22H27FN8.ClH/c1-16-18(15-27-31(16)21-4-5-26-22(25)28-21)3-2-6-29-7-9-30(10-8-29)20-12-17(14-24)11-19(23)13-20;/h2-5,11-13,15H,6-10,14,24H2,1H3,(H2,25,26,28);1H/b3-2+;. The second-order valence-electron chi connectivity index (χ2n) is 7.58. The fourth-order valence-corrected chi connectivity index (χ4v) is 3.75. The van der Waals surface area contributed by atoms with E-state index in [2.05, 4.69) is 37.0 Å². The maximum absolute atomic E-state index is 13.8. The van der Waals surface area contributed by atoms with Crippen LogP contribution in [0.4, 0.5) is 16.0 Å². The number of aromatic nitrogens is 4. The van der Waals surface area contributed by atoms with E-state index >= 15 is 0 Å². The Labute approximate surface area is 193 Å². The van der Waals surface area contributed by atoms with Gasteiger partial charge >= 0.3 is 0 Å². The summed E-state index contributed by atoms with van der Waals surface area (Å²) in [5.41, 5.74) is 15.1. The number of piperazine rings is 1. The Morgan fingerprint density at radius 1 is 1.16 bits per heavy atom. The van der Waals surface area contributed by atoms with E-state index in [1.54, 1.807) is 23.0 Å². The summed E-state index contributed by atoms with van der Waals surface area (Å²) >= 11 is 0. The molecule has 170 valence electrons. The van der Waals surface area contributed by atoms with Gasteiger partial charge in [0, 0.05) is 62.8 Å². The zero-order valence-corrected chi connectivity index (χ0v) is 18.8. The quantitative estimate of drug-likeness (QED) is 0.584. The molecule has 32 heavy (non-hydrogen) atoms. The number of benzene rings is 1. The molecule has 0 saturated carbocycles. The van der Waals surface area contributed by atoms with E-state index in [0.29, 0.717) is 12.4 Å². The van der Waals surface area contributed by atoms with Gasteiger partial charge in [-0.2, -0.15) is 10.1 Å². The Morgan fingerprint density at radius 2 is 1.94 bits per heavy atom. The van der Waals surface area contributed by atoms with Crippen LogP contribution in [0.25, 0.3) is 11.9 Å². The van der Waals surface area contributed by atoms with Crippen molar-refractivity contribution in [3.05, 3.63) is 65.4 Å². The number of nitrogens with zero attached hydrogens (tertiary/aromatic N) is 6. The van der Waals surface area contributed by atoms with Gasteiger partial charge in [-0.1, -0.05) is 12.2 Å². The van der Waals surface area contributed by atoms with Crippen LogP contribution in [0, 0.1) is 12.7 Å². The molecule has 1 saturated heterocycles. The van der Waals surface area contributed by atoms with Crippen LogP contribution < -0.4 is 16.4 Å². The van der Waals surface area contributed by atoms with Gasteiger partial charge in [0.2, 0.25) is 5.95 Å². The summed E-state index contributed by atoms with van der Waals surface area (Å²) in [6.07, 6.45) is 7.67. The number of anilines is 2. The molecule has 3 aromatic rings. The maximum atomic E-state index is 13.8. The third kappa shape index (κ3) is 5.42. The zero-order chi connectivity index (χ0) is 21.8. The van der Waals surface area contributed by atoms with Crippen molar-refractivity contribution in [1.82, 2.24) is 24.6 Å². The molecule has 10 heteroatoms. The lowest BCUT2D eigenvalue weighted by atomic mass is 10.1. The van der Waals surface area contributed by atoms with Crippen molar-refractivity contribution < 1.29 is 4.39 Å². The molecule has 1 aromatic carbocycles. The summed E-state index contributed by atoms with van der Waals surface area (Å²) in [6.45, 7) is 6.72. The molecule has 4 N–H and O–H groups in total. The average molecular weight is 459 g/mol. The third-order valence-corrected chi connectivity index (χ3v) is 5.50. The molecular weight excluding hydrogens is 431 g/mol. The van der Waals surface area contributed by atoms with Crippen LogP contribution in [0.1, 0.15) is 16.8 Å². The van der Waals surface area contributed by atoms with Gasteiger partial charge in [0.1, 0.15) is 5.82 Å². The number of halogens is 2. The summed E-state index contributed by atoms with van der Waals surface area (Å²) in [5.74, 6) is 0.640. The molecule has 3 heterocycles. The van der Waals surface area contributed by atoms with Crippen LogP contribution in [0.15, 0.2) is 42.7 Å². The molecular formula is C22H28ClFN8. The van der Waals surface area contributed by atoms with Gasteiger partial charge < -0.3 is 16.4 Å². The molecule has 0 atom stereocenters. The van der Waals surface area contributed by atoms with Crippen LogP contribution in [-0.2, 0) is 6.54 Å². The molecule has 1 aliphatic heterocycles. The second kappa shape index (κ2) is 10.5. The highest BCUT2D eigenvalue weighted by Gasteiger charge is 2.17. The Kier molecular flexibility index (Phi) is 7.79. The van der Waals surface area contributed by atoms with Gasteiger partial charge in [-0.15, -0.1) is 12.4 Å². The van der Waals surface area contributed by atoms with E-state index in [9.17, 15) is 4.39 Å². The summed E-state index contributed by atoms with van der Waals surface area (Å²) in [7, 11) is 0. The predicted molar refractivity (Wildman–Crippen MR) is 128 cm³/mol. The fraction of sp³-hybridized carbons (Fsp3) is 0.318. The van der Waals surface area contributed by atoms with Crippen LogP contribution in [0.5, 0.6) is 0 Å². The van der Waals surface area contributed by atoms with E-state index in [-0.39, 0.29) is 24.2 Å². The van der Waals surface area contributed by atoms with E-state index in [1.165, 1.54) is 6.07 Å². The van der Waals surface area contributed by atoms with Gasteiger partial charge in [0.05, 0.1) is 11.9 Å². The minimum Gasteiger partial charge on any atom is -0.369 e. The fourth-order valence-electron chi connectivity index (χ4n) is 3.75. The first-order chi connectivity index (χ1) is 15.0. The second-order valence-corrected chi connectivity index (χ2v) is 7.58. The molecule has 8 nitrogen and oxygen atoms in total. The SMILES string of the molecule is Cc1c(/C=C/CN2CCN(c3cc(F)cc(CN)c3)CC2)cnn1-c1ccnc(N)n1.Cl. The number of nitrogens with two attached hydrogens (primary N) is 2. The molecule has 2 aromatic heterocycles. The Morgan fingerprint density at radius 3 is 2.66 bits per heavy atom. The van der Waals surface area contributed by atoms with E-state index in [4.69, 9.17) is 11.5 Å². The molecule has 0 bridgehead atoms. The maximum Gasteiger partial charge on any atom is 0.221 e. The lowest BCUT2D eigenvalue weighted by Crippen LogP contribution is -2.46. The molecule has 1 aliphatic rings. The van der Waals surface area contributed by atoms with Crippen molar-refractivity contribution in [3.63, 3.8) is 0 Å². The number of rotatable bonds is 6. The lowest BCUT2D eigenvalue weighted by Gasteiger charge is -2.35. The van der Waals surface area contributed by atoms with Crippen molar-refractivity contribution in [3.8, 4) is 5.82 Å². The summed E-state index contributed by atoms with van der Waals surface area (Å²) in [5, 5.41) is 4.42. The van der Waals surface area contributed by atoms with Crippen molar-refractivity contribution in [2.24, 2.45) is 5.73 Å². The molecule has 4 rings (SSSR count). The lowest BCUT2D eigenvalue weighted by molar-refractivity contribution is 0.284. The highest BCUT2D eigenvalue weighted by atomic mass is 35.5. The topological polar surface area (TPSA) is 102 Å². The summed E-state index contributed by atoms with van der Waals surface area (Å²) < 4.78 is 15.6. The van der Waals surface area contributed by atoms with E-state index in [0.717, 1.165) is 55.2 Å². The predicted octanol–water partition coefficient (Wildman–Crippen LogP) is 2.41. The highest BCUT2D eigenvalue weighted by molar-refractivity contribution is 5.85. The first-order valence-corrected chi connectivity index (χ1v) is 10.3. The van der Waals surface area contributed by atoms with Crippen LogP contribution in [0.2, 0.25) is 0 Å². The van der Waals surface area contributed by atoms with Gasteiger partial charge in [-0.05, 0) is 30.7 Å². The minimum atomic E-state index is -0.233. The Bertz CT molecular complexity index is 1080. The third-order valence-electron chi connectivity index (χ3n) is 5.50. The molecule has 0 unspecified atom stereocenters. The van der Waals surface area contributed by atoms with Gasteiger partial charge in [-0.3, -0.25) is 4.90 Å². The molecule has 0 amide bonds. The zero-order valence-electron chi connectivity index (χ0n) is 18.0. The number of nitrogen functional groups attached to an aromatic ring is 1. The van der Waals surface area contributed by atoms with Gasteiger partial charge in [-0.25, -0.2) is 14.1 Å². The first-order valence-electron chi connectivity index (χ1n) is 10.3. The Hall–Kier alpha value is -3.01. The van der Waals surface area contributed by atoms with Crippen molar-refractivity contribution in [2.75, 3.05) is 43.4 Å². The van der Waals surface area contributed by atoms with Crippen LogP contribution in [0.3, 0.4) is 0 Å². The number of hydrogen-bond donors (Lipinski definition) is 2. The van der Waals surface area contributed by atoms with E-state index < -0.39 is 0 Å². The van der Waals surface area contributed by atoms with Crippen molar-refractivity contribution in [2.45, 2.75) is 13.5 Å². The largest absolute Gasteiger partial charge is 0.369 e. The number of hydrogen-bond acceptors (Lipinski definition) is 7. The normalized spacial score (nSPS) is 14.7. The van der Waals surface area contributed by atoms with Crippen molar-refractivity contribution >= 4 is 30.1 Å².